The number of fused-ring (bicyclic) bond motifs is 2. The highest BCUT2D eigenvalue weighted by Crippen LogP contribution is 2.72. The van der Waals surface area contributed by atoms with E-state index in [9.17, 15) is 0 Å². The van der Waals surface area contributed by atoms with Gasteiger partial charge in [0, 0.05) is 0 Å². The lowest BCUT2D eigenvalue weighted by molar-refractivity contribution is 0.342. The summed E-state index contributed by atoms with van der Waals surface area (Å²) in [5.41, 5.74) is 32.8. The highest BCUT2D eigenvalue weighted by atomic mass is 14.5. The molecule has 434 valence electrons. The Morgan fingerprint density at radius 3 is 0.500 bits per heavy atom. The van der Waals surface area contributed by atoms with Crippen molar-refractivity contribution in [1.29, 1.82) is 0 Å². The first kappa shape index (κ1) is 49.7. The molecule has 0 saturated carbocycles. The lowest BCUT2D eigenvalue weighted by Gasteiger charge is -2.48. The zero-order valence-electron chi connectivity index (χ0n) is 57.0. The second-order valence-electron chi connectivity index (χ2n) is 32.9. The Kier molecular flexibility index (Phi) is 7.51. The standard InChI is InChI=1S/C90H74/c1-26-28(3)46-36(11)50-34(9)35(10)53-44(19)59-72-79-66(53)63(50)73-61(46)48(30(26)5)38(13)54-40(15)56-42(17)57-41(16)55-39(14)52-33(8)32(7)51-37(12)47-29(4)27(2)31(6)49-43(18)58-71-74(62(47)49)64(51)65(52)75-68(55)78-70(57)77(69(56)76(79)67(54)73)81(72)84-82(78)83(80(71)75)85-60-45(24-89(20,21)87(58)85)25-90(22,23)88(59)86(60)84/h45H,24-25H2,1-23H3. The van der Waals surface area contributed by atoms with Gasteiger partial charge in [0.15, 0.2) is 0 Å². The first-order valence-electron chi connectivity index (χ1n) is 34.3. The van der Waals surface area contributed by atoms with Gasteiger partial charge in [-0.1, -0.05) is 27.7 Å². The second-order valence-corrected chi connectivity index (χ2v) is 32.9. The molecule has 0 saturated heterocycles. The molecule has 0 heteroatoms. The first-order chi connectivity index (χ1) is 42.7. The van der Waals surface area contributed by atoms with Crippen LogP contribution in [-0.2, 0) is 10.8 Å². The van der Waals surface area contributed by atoms with Crippen molar-refractivity contribution in [3.05, 3.63) is 122 Å². The van der Waals surface area contributed by atoms with Gasteiger partial charge < -0.3 is 0 Å². The molecule has 0 nitrogen and oxygen atoms in total. The predicted molar refractivity (Wildman–Crippen MR) is 399 cm³/mol. The quantitative estimate of drug-likeness (QED) is 0.105. The molecule has 21 aromatic carbocycles. The van der Waals surface area contributed by atoms with Crippen molar-refractivity contribution < 1.29 is 0 Å². The molecule has 0 radical (unpaired) electrons. The van der Waals surface area contributed by atoms with Crippen molar-refractivity contribution in [3.8, 4) is 0 Å². The highest BCUT2D eigenvalue weighted by Gasteiger charge is 2.49. The molecule has 23 rings (SSSR count). The lowest BCUT2D eigenvalue weighted by Crippen LogP contribution is -2.34. The topological polar surface area (TPSA) is 0 Å². The third-order valence-corrected chi connectivity index (χ3v) is 28.9. The van der Waals surface area contributed by atoms with Gasteiger partial charge in [-0.25, -0.2) is 0 Å². The van der Waals surface area contributed by atoms with Crippen molar-refractivity contribution in [2.24, 2.45) is 0 Å². The summed E-state index contributed by atoms with van der Waals surface area (Å²) in [6.07, 6.45) is 2.30. The summed E-state index contributed by atoms with van der Waals surface area (Å²) >= 11 is 0. The van der Waals surface area contributed by atoms with E-state index in [2.05, 4.69) is 159 Å². The summed E-state index contributed by atoms with van der Waals surface area (Å²) in [5, 5.41) is 62.1. The monoisotopic (exact) mass is 1150 g/mol. The molecule has 0 aliphatic heterocycles. The van der Waals surface area contributed by atoms with Crippen LogP contribution in [0.3, 0.4) is 0 Å². The van der Waals surface area contributed by atoms with Crippen LogP contribution in [0.4, 0.5) is 0 Å². The summed E-state index contributed by atoms with van der Waals surface area (Å²) in [5.74, 6) is 0.413. The van der Waals surface area contributed by atoms with E-state index in [1.807, 2.05) is 0 Å². The average molecular weight is 1160 g/mol. The fourth-order valence-electron chi connectivity index (χ4n) is 25.7. The highest BCUT2D eigenvalue weighted by molar-refractivity contribution is 6.65. The van der Waals surface area contributed by atoms with Crippen molar-refractivity contribution in [2.45, 2.75) is 189 Å². The maximum atomic E-state index is 2.70. The lowest BCUT2D eigenvalue weighted by atomic mass is 9.55. The number of aryl methyl sites for hydroxylation is 17. The molecule has 0 fully saturated rings. The van der Waals surface area contributed by atoms with Crippen LogP contribution < -0.4 is 0 Å². The molecule has 90 heavy (non-hydrogen) atoms. The Bertz CT molecular complexity index is 7210. The molecule has 0 N–H and O–H groups in total. The molecule has 21 aromatic rings. The van der Waals surface area contributed by atoms with E-state index in [1.54, 1.807) is 146 Å². The van der Waals surface area contributed by atoms with Crippen LogP contribution in [0, 0.1) is 132 Å². The Morgan fingerprint density at radius 2 is 0.289 bits per heavy atom. The first-order valence-corrected chi connectivity index (χ1v) is 34.3. The second kappa shape index (κ2) is 13.6. The Morgan fingerprint density at radius 1 is 0.156 bits per heavy atom. The van der Waals surface area contributed by atoms with Crippen LogP contribution >= 0.6 is 0 Å². The number of hydrogen-bond donors (Lipinski definition) is 0. The Hall–Kier alpha value is -8.06. The van der Waals surface area contributed by atoms with Crippen LogP contribution in [0.25, 0.3) is 215 Å². The molecule has 0 heterocycles. The van der Waals surface area contributed by atoms with Gasteiger partial charge in [0.05, 0.1) is 0 Å². The van der Waals surface area contributed by atoms with Gasteiger partial charge in [0.25, 0.3) is 0 Å². The van der Waals surface area contributed by atoms with E-state index in [1.165, 1.54) is 192 Å². The van der Waals surface area contributed by atoms with Gasteiger partial charge in [-0.3, -0.25) is 0 Å². The molecular formula is C90H74. The van der Waals surface area contributed by atoms with E-state index >= 15 is 0 Å². The zero-order chi connectivity index (χ0) is 61.8. The summed E-state index contributed by atoms with van der Waals surface area (Å²) in [7, 11) is 0. The van der Waals surface area contributed by atoms with E-state index in [4.69, 9.17) is 0 Å². The molecule has 1 unspecified atom stereocenters. The van der Waals surface area contributed by atoms with Crippen molar-refractivity contribution in [3.63, 3.8) is 0 Å². The minimum absolute atomic E-state index is 0.0948. The molecular weight excluding hydrogens is 1080 g/mol. The van der Waals surface area contributed by atoms with Gasteiger partial charge in [0.1, 0.15) is 0 Å². The van der Waals surface area contributed by atoms with E-state index < -0.39 is 0 Å². The molecule has 2 aliphatic carbocycles. The van der Waals surface area contributed by atoms with Crippen LogP contribution in [0.2, 0.25) is 0 Å². The van der Waals surface area contributed by atoms with Crippen molar-refractivity contribution >= 4 is 215 Å². The van der Waals surface area contributed by atoms with E-state index in [0.29, 0.717) is 5.92 Å². The van der Waals surface area contributed by atoms with E-state index in [-0.39, 0.29) is 10.8 Å². The fourth-order valence-corrected chi connectivity index (χ4v) is 25.7. The van der Waals surface area contributed by atoms with Gasteiger partial charge in [-0.2, -0.15) is 0 Å². The largest absolute Gasteiger partial charge is 0.0557 e. The van der Waals surface area contributed by atoms with Crippen LogP contribution in [-0.4, -0.2) is 0 Å². The minimum Gasteiger partial charge on any atom is -0.0557 e. The zero-order valence-corrected chi connectivity index (χ0v) is 57.0. The number of hydrogen-bond acceptors (Lipinski definition) is 0. The molecule has 0 aromatic heterocycles. The SMILES string of the molecule is Cc1c(C)c2c(C)c3c(C)c(C)c4c(C)c5c6c7c8c9c(c%10c(C)c%11c(C)c(C)c(C)c%12c(C)c%13c(C)c(C)c%14c(C)c%15c(C)c%16c(C)c%17c(C)c%18c(C)c(c1C)c2c1c3c4c2c5c3c7c4c9c5c%10c(c%12%11)c%13c%14c5c%15c4c%16c3c%17c2c%181)C(C)(C)CC8CC6(C)C. The van der Waals surface area contributed by atoms with Crippen LogP contribution in [0.15, 0.2) is 0 Å². The van der Waals surface area contributed by atoms with Crippen molar-refractivity contribution in [1.82, 2.24) is 0 Å². The van der Waals surface area contributed by atoms with E-state index in [0.717, 1.165) is 12.8 Å². The van der Waals surface area contributed by atoms with Crippen molar-refractivity contribution in [2.75, 3.05) is 0 Å². The third kappa shape index (κ3) is 4.16. The van der Waals surface area contributed by atoms with Crippen LogP contribution in [0.1, 0.15) is 169 Å². The maximum absolute atomic E-state index is 2.70. The van der Waals surface area contributed by atoms with Gasteiger partial charge in [0.2, 0.25) is 0 Å². The molecule has 1 atom stereocenters. The molecule has 0 spiro atoms. The Labute approximate surface area is 523 Å². The van der Waals surface area contributed by atoms with Gasteiger partial charge in [-0.15, -0.1) is 0 Å². The third-order valence-electron chi connectivity index (χ3n) is 28.9. The minimum atomic E-state index is -0.111. The van der Waals surface area contributed by atoms with Gasteiger partial charge >= 0.3 is 0 Å². The Balaban J connectivity index is 1.18. The predicted octanol–water partition coefficient (Wildman–Crippen LogP) is 26.3. The molecule has 0 bridgehead atoms. The van der Waals surface area contributed by atoms with Crippen LogP contribution in [0.5, 0.6) is 0 Å². The maximum Gasteiger partial charge on any atom is -0.0000480 e. The summed E-state index contributed by atoms with van der Waals surface area (Å²) in [4.78, 5) is 0. The summed E-state index contributed by atoms with van der Waals surface area (Å²) in [6, 6.07) is 0. The number of rotatable bonds is 0. The molecule has 2 aliphatic rings. The summed E-state index contributed by atoms with van der Waals surface area (Å²) in [6.45, 7) is 58.6. The molecule has 0 amide bonds. The van der Waals surface area contributed by atoms with Gasteiger partial charge in [-0.05, 0) is 499 Å². The number of benzene rings is 21. The average Bonchev–Trinajstić information content (AvgIpc) is 0.622. The normalized spacial score (nSPS) is 17.0. The smallest absolute Gasteiger partial charge is 0.0000480 e. The summed E-state index contributed by atoms with van der Waals surface area (Å²) < 4.78 is 0. The fraction of sp³-hybridized carbons (Fsp3) is 0.311.